The summed E-state index contributed by atoms with van der Waals surface area (Å²) in [5.41, 5.74) is -1.72. The number of likely N-dealkylation sites (N-methyl/N-ethyl adjacent to an activating group) is 1. The molecule has 1 aromatic carbocycles. The largest absolute Gasteiger partial charge is 0.421 e. The minimum atomic E-state index is -4.76. The van der Waals surface area contributed by atoms with Crippen LogP contribution in [0, 0.1) is 0 Å². The van der Waals surface area contributed by atoms with E-state index >= 15 is 0 Å². The Kier molecular flexibility index (Phi) is 5.57. The Hall–Kier alpha value is -2.28. The number of amides is 1. The molecule has 0 aliphatic heterocycles. The van der Waals surface area contributed by atoms with Crippen LogP contribution in [0.1, 0.15) is 24.1 Å². The van der Waals surface area contributed by atoms with Gasteiger partial charge in [-0.1, -0.05) is 23.7 Å². The third kappa shape index (κ3) is 4.42. The lowest BCUT2D eigenvalue weighted by atomic mass is 10.1. The Bertz CT molecular complexity index is 816. The average Bonchev–Trinajstić information content (AvgIpc) is 2.55. The first kappa shape index (κ1) is 19.1. The molecule has 0 saturated heterocycles. The summed E-state index contributed by atoms with van der Waals surface area (Å²) in [5.74, 6) is -0.483. The highest BCUT2D eigenvalue weighted by Gasteiger charge is 2.34. The normalized spacial score (nSPS) is 12.7. The Balaban J connectivity index is 2.19. The van der Waals surface area contributed by atoms with Crippen molar-refractivity contribution in [2.75, 3.05) is 7.05 Å². The lowest BCUT2D eigenvalue weighted by Gasteiger charge is -2.26. The van der Waals surface area contributed by atoms with Crippen molar-refractivity contribution in [1.82, 2.24) is 9.47 Å². The van der Waals surface area contributed by atoms with Crippen molar-refractivity contribution in [3.8, 4) is 0 Å². The highest BCUT2D eigenvalue weighted by atomic mass is 35.5. The summed E-state index contributed by atoms with van der Waals surface area (Å²) in [5, 5.41) is 0.556. The minimum absolute atomic E-state index is 0.328. The van der Waals surface area contributed by atoms with E-state index in [1.54, 1.807) is 31.2 Å². The molecule has 2 aromatic rings. The van der Waals surface area contributed by atoms with Gasteiger partial charge in [-0.05, 0) is 36.8 Å². The van der Waals surface area contributed by atoms with Crippen LogP contribution in [0.3, 0.4) is 0 Å². The van der Waals surface area contributed by atoms with Crippen molar-refractivity contribution < 1.29 is 18.0 Å². The predicted octanol–water partition coefficient (Wildman–Crippen LogP) is 3.74. The molecular formula is C17H16ClF3N2O2. The van der Waals surface area contributed by atoms with E-state index in [4.69, 9.17) is 11.6 Å². The second kappa shape index (κ2) is 7.31. The lowest BCUT2D eigenvalue weighted by molar-refractivity contribution is -0.139. The zero-order valence-corrected chi connectivity index (χ0v) is 14.3. The van der Waals surface area contributed by atoms with E-state index in [0.29, 0.717) is 11.1 Å². The molecule has 1 aromatic heterocycles. The summed E-state index contributed by atoms with van der Waals surface area (Å²) in [6, 6.07) is 8.35. The van der Waals surface area contributed by atoms with E-state index in [1.165, 1.54) is 11.9 Å². The molecule has 25 heavy (non-hydrogen) atoms. The van der Waals surface area contributed by atoms with Gasteiger partial charge in [0.15, 0.2) is 0 Å². The van der Waals surface area contributed by atoms with Crippen molar-refractivity contribution in [3.63, 3.8) is 0 Å². The number of nitrogens with zero attached hydrogens (tertiary/aromatic N) is 2. The first-order chi connectivity index (χ1) is 11.6. The van der Waals surface area contributed by atoms with Gasteiger partial charge in [-0.15, -0.1) is 0 Å². The van der Waals surface area contributed by atoms with E-state index in [1.807, 2.05) is 0 Å². The van der Waals surface area contributed by atoms with Crippen molar-refractivity contribution in [2.45, 2.75) is 25.7 Å². The van der Waals surface area contributed by atoms with Crippen molar-refractivity contribution in [1.29, 1.82) is 0 Å². The van der Waals surface area contributed by atoms with E-state index < -0.39 is 29.8 Å². The van der Waals surface area contributed by atoms with Gasteiger partial charge in [-0.2, -0.15) is 13.2 Å². The Morgan fingerprint density at radius 3 is 2.40 bits per heavy atom. The molecule has 4 nitrogen and oxygen atoms in total. The zero-order valence-electron chi connectivity index (χ0n) is 13.5. The predicted molar refractivity (Wildman–Crippen MR) is 88.3 cm³/mol. The summed E-state index contributed by atoms with van der Waals surface area (Å²) in [4.78, 5) is 25.6. The fourth-order valence-electron chi connectivity index (χ4n) is 2.32. The zero-order chi connectivity index (χ0) is 18.8. The number of halogens is 4. The number of benzene rings is 1. The quantitative estimate of drug-likeness (QED) is 0.820. The van der Waals surface area contributed by atoms with Crippen LogP contribution in [0.15, 0.2) is 47.4 Å². The summed E-state index contributed by atoms with van der Waals surface area (Å²) >= 11 is 5.82. The van der Waals surface area contributed by atoms with Gasteiger partial charge < -0.3 is 9.47 Å². The second-order valence-electron chi connectivity index (χ2n) is 5.58. The Morgan fingerprint density at radius 1 is 1.24 bits per heavy atom. The number of carbonyl (C=O) groups is 1. The van der Waals surface area contributed by atoms with E-state index in [-0.39, 0.29) is 6.04 Å². The van der Waals surface area contributed by atoms with E-state index in [0.717, 1.165) is 22.4 Å². The fraction of sp³-hybridized carbons (Fsp3) is 0.294. The SMILES string of the molecule is CC(c1ccc(Cl)cc1)N(C)C(=O)Cn1cccc(C(F)(F)F)c1=O. The molecule has 1 amide bonds. The average molecular weight is 373 g/mol. The first-order valence-electron chi connectivity index (χ1n) is 7.39. The molecule has 0 fully saturated rings. The summed E-state index contributed by atoms with van der Waals surface area (Å²) < 4.78 is 39.1. The highest BCUT2D eigenvalue weighted by Crippen LogP contribution is 2.26. The van der Waals surface area contributed by atoms with Gasteiger partial charge in [0, 0.05) is 18.3 Å². The van der Waals surface area contributed by atoms with Crippen LogP contribution in [0.4, 0.5) is 13.2 Å². The van der Waals surface area contributed by atoms with Gasteiger partial charge in [0.25, 0.3) is 5.56 Å². The monoisotopic (exact) mass is 372 g/mol. The number of hydrogen-bond donors (Lipinski definition) is 0. The van der Waals surface area contributed by atoms with Crippen molar-refractivity contribution in [3.05, 3.63) is 69.1 Å². The minimum Gasteiger partial charge on any atom is -0.337 e. The highest BCUT2D eigenvalue weighted by molar-refractivity contribution is 6.30. The van der Waals surface area contributed by atoms with Crippen LogP contribution in [0.25, 0.3) is 0 Å². The maximum absolute atomic E-state index is 12.8. The molecule has 2 rings (SSSR count). The van der Waals surface area contributed by atoms with E-state index in [9.17, 15) is 22.8 Å². The van der Waals surface area contributed by atoms with Crippen molar-refractivity contribution in [2.24, 2.45) is 0 Å². The third-order valence-corrected chi connectivity index (χ3v) is 4.21. The number of alkyl halides is 3. The van der Waals surface area contributed by atoms with Crippen LogP contribution >= 0.6 is 11.6 Å². The number of pyridine rings is 1. The molecule has 1 atom stereocenters. The smallest absolute Gasteiger partial charge is 0.337 e. The third-order valence-electron chi connectivity index (χ3n) is 3.96. The maximum Gasteiger partial charge on any atom is 0.421 e. The molecule has 8 heteroatoms. The maximum atomic E-state index is 12.8. The Labute approximate surface area is 147 Å². The van der Waals surface area contributed by atoms with E-state index in [2.05, 4.69) is 0 Å². The molecule has 0 N–H and O–H groups in total. The molecule has 134 valence electrons. The molecule has 0 spiro atoms. The fourth-order valence-corrected chi connectivity index (χ4v) is 2.44. The van der Waals surface area contributed by atoms with Crippen LogP contribution < -0.4 is 5.56 Å². The second-order valence-corrected chi connectivity index (χ2v) is 6.02. The molecular weight excluding hydrogens is 357 g/mol. The molecule has 0 radical (unpaired) electrons. The summed E-state index contributed by atoms with van der Waals surface area (Å²) in [6.45, 7) is 1.30. The van der Waals surface area contributed by atoms with Gasteiger partial charge in [0.05, 0.1) is 6.04 Å². The number of hydrogen-bond acceptors (Lipinski definition) is 2. The van der Waals surface area contributed by atoms with Crippen LogP contribution in [0.2, 0.25) is 5.02 Å². The van der Waals surface area contributed by atoms with Gasteiger partial charge in [-0.25, -0.2) is 0 Å². The Morgan fingerprint density at radius 2 is 1.84 bits per heavy atom. The summed E-state index contributed by atoms with van der Waals surface area (Å²) in [7, 11) is 1.53. The van der Waals surface area contributed by atoms with Gasteiger partial charge in [0.1, 0.15) is 12.1 Å². The lowest BCUT2D eigenvalue weighted by Crippen LogP contribution is -2.37. The summed E-state index contributed by atoms with van der Waals surface area (Å²) in [6.07, 6.45) is -3.60. The first-order valence-corrected chi connectivity index (χ1v) is 7.77. The van der Waals surface area contributed by atoms with Crippen LogP contribution in [-0.2, 0) is 17.5 Å². The standard InChI is InChI=1S/C17H16ClF3N2O2/c1-11(12-5-7-13(18)8-6-12)22(2)15(24)10-23-9-3-4-14(16(23)25)17(19,20)21/h3-9,11H,10H2,1-2H3. The number of rotatable bonds is 4. The molecule has 1 heterocycles. The molecule has 0 saturated carbocycles. The molecule has 1 unspecified atom stereocenters. The molecule has 0 aliphatic rings. The van der Waals surface area contributed by atoms with Crippen LogP contribution in [0.5, 0.6) is 0 Å². The number of aromatic nitrogens is 1. The molecule has 0 bridgehead atoms. The van der Waals surface area contributed by atoms with Crippen molar-refractivity contribution >= 4 is 17.5 Å². The van der Waals surface area contributed by atoms with Gasteiger partial charge in [-0.3, -0.25) is 9.59 Å². The molecule has 0 aliphatic carbocycles. The van der Waals surface area contributed by atoms with Crippen LogP contribution in [-0.4, -0.2) is 22.4 Å². The van der Waals surface area contributed by atoms with Gasteiger partial charge >= 0.3 is 6.18 Å². The van der Waals surface area contributed by atoms with Gasteiger partial charge in [0.2, 0.25) is 5.91 Å². The topological polar surface area (TPSA) is 42.3 Å². The number of carbonyl (C=O) groups excluding carboxylic acids is 1.